The van der Waals surface area contributed by atoms with Crippen LogP contribution in [-0.2, 0) is 11.8 Å². The zero-order chi connectivity index (χ0) is 22.8. The maximum absolute atomic E-state index is 13.4. The lowest BCUT2D eigenvalue weighted by Gasteiger charge is -2.33. The predicted octanol–water partition coefficient (Wildman–Crippen LogP) is 3.31. The first-order valence-corrected chi connectivity index (χ1v) is 11.1. The van der Waals surface area contributed by atoms with E-state index in [0.717, 1.165) is 31.7 Å². The molecule has 0 aromatic carbocycles. The Bertz CT molecular complexity index is 1140. The molecule has 4 fully saturated rings. The SMILES string of the molecule is Cc1c(C(=O)Nc2ccnc(F)c2)c(C)n(C)c1C(=O)C(=O)NC12C[C@@H]3C[C@@H](C[C@H]1C3)C2. The molecule has 0 spiro atoms. The van der Waals surface area contributed by atoms with Gasteiger partial charge in [0.15, 0.2) is 0 Å². The Morgan fingerprint density at radius 1 is 1.16 bits per heavy atom. The molecule has 4 saturated carbocycles. The number of ketones is 1. The number of nitrogens with zero attached hydrogens (tertiary/aromatic N) is 2. The van der Waals surface area contributed by atoms with Crippen molar-refractivity contribution in [3.05, 3.63) is 46.8 Å². The van der Waals surface area contributed by atoms with Gasteiger partial charge in [-0.3, -0.25) is 14.4 Å². The van der Waals surface area contributed by atoms with Crippen molar-refractivity contribution in [2.45, 2.75) is 51.5 Å². The van der Waals surface area contributed by atoms with Gasteiger partial charge in [-0.2, -0.15) is 4.39 Å². The normalized spacial score (nSPS) is 27.6. The van der Waals surface area contributed by atoms with Crippen LogP contribution in [0.4, 0.5) is 10.1 Å². The summed E-state index contributed by atoms with van der Waals surface area (Å²) in [6.07, 6.45) is 6.74. The number of carbonyl (C=O) groups is 3. The second kappa shape index (κ2) is 7.25. The van der Waals surface area contributed by atoms with Crippen LogP contribution in [0.2, 0.25) is 0 Å². The van der Waals surface area contributed by atoms with Crippen LogP contribution in [0, 0.1) is 37.5 Å². The summed E-state index contributed by atoms with van der Waals surface area (Å²) >= 11 is 0. The van der Waals surface area contributed by atoms with Crippen molar-refractivity contribution in [2.75, 3.05) is 5.32 Å². The average Bonchev–Trinajstić information content (AvgIpc) is 3.20. The van der Waals surface area contributed by atoms with Crippen molar-refractivity contribution in [1.82, 2.24) is 14.9 Å². The van der Waals surface area contributed by atoms with Crippen LogP contribution in [0.1, 0.15) is 64.2 Å². The Balaban J connectivity index is 1.38. The van der Waals surface area contributed by atoms with Gasteiger partial charge in [0.2, 0.25) is 5.95 Å². The number of aromatic nitrogens is 2. The second-order valence-electron chi connectivity index (χ2n) is 9.80. The van der Waals surface area contributed by atoms with Gasteiger partial charge in [0, 0.05) is 36.2 Å². The molecule has 2 N–H and O–H groups in total. The lowest BCUT2D eigenvalue weighted by atomic mass is 9.80. The standard InChI is InChI=1S/C24H27FN4O3/c1-12-19(22(31)27-17-4-5-26-18(25)9-17)13(2)29(3)20(12)21(30)23(32)28-24-10-14-6-15(11-24)8-16(24)7-14/h4-5,9,14-16H,6-8,10-11H2,1-3H3,(H,28,32)(H,26,27,31)/t14-,15+,16-,24?. The summed E-state index contributed by atoms with van der Waals surface area (Å²) in [4.78, 5) is 42.7. The fourth-order valence-corrected chi connectivity index (χ4v) is 6.70. The van der Waals surface area contributed by atoms with Gasteiger partial charge in [-0.05, 0) is 75.3 Å². The molecular formula is C24H27FN4O3. The zero-order valence-corrected chi connectivity index (χ0v) is 18.5. The van der Waals surface area contributed by atoms with Crippen LogP contribution in [-0.4, -0.2) is 32.7 Å². The summed E-state index contributed by atoms with van der Waals surface area (Å²) < 4.78 is 15.0. The topological polar surface area (TPSA) is 93.1 Å². The molecule has 0 aliphatic heterocycles. The maximum Gasteiger partial charge on any atom is 0.294 e. The molecule has 4 aliphatic carbocycles. The molecule has 2 aromatic rings. The Hall–Kier alpha value is -3.03. The second-order valence-corrected chi connectivity index (χ2v) is 9.80. The molecule has 2 aromatic heterocycles. The third kappa shape index (κ3) is 3.15. The van der Waals surface area contributed by atoms with Crippen LogP contribution < -0.4 is 10.6 Å². The summed E-state index contributed by atoms with van der Waals surface area (Å²) in [5, 5.41) is 5.76. The number of carbonyl (C=O) groups excluding carboxylic acids is 3. The minimum absolute atomic E-state index is 0.208. The molecule has 168 valence electrons. The van der Waals surface area contributed by atoms with Crippen LogP contribution >= 0.6 is 0 Å². The highest BCUT2D eigenvalue weighted by Gasteiger charge is 2.58. The molecule has 2 heterocycles. The number of hydrogen-bond donors (Lipinski definition) is 2. The third-order valence-electron chi connectivity index (χ3n) is 7.92. The fraction of sp³-hybridized carbons (Fsp3) is 0.500. The smallest absolute Gasteiger partial charge is 0.294 e. The van der Waals surface area contributed by atoms with Crippen LogP contribution in [0.5, 0.6) is 0 Å². The molecular weight excluding hydrogens is 411 g/mol. The fourth-order valence-electron chi connectivity index (χ4n) is 6.70. The summed E-state index contributed by atoms with van der Waals surface area (Å²) in [5.74, 6) is -0.587. The molecule has 4 bridgehead atoms. The number of rotatable bonds is 5. The number of nitrogens with one attached hydrogen (secondary N) is 2. The van der Waals surface area contributed by atoms with Gasteiger partial charge in [0.1, 0.15) is 0 Å². The number of Topliss-reactive ketones (excluding diaryl/α,β-unsaturated/α-hetero) is 1. The van der Waals surface area contributed by atoms with Gasteiger partial charge in [0.05, 0.1) is 11.3 Å². The minimum Gasteiger partial charge on any atom is -0.344 e. The van der Waals surface area contributed by atoms with E-state index in [1.165, 1.54) is 18.7 Å². The first kappa shape index (κ1) is 20.8. The Morgan fingerprint density at radius 2 is 1.84 bits per heavy atom. The first-order chi connectivity index (χ1) is 15.2. The number of amides is 2. The van der Waals surface area contributed by atoms with E-state index in [-0.39, 0.29) is 16.9 Å². The van der Waals surface area contributed by atoms with Crippen molar-refractivity contribution in [1.29, 1.82) is 0 Å². The summed E-state index contributed by atoms with van der Waals surface area (Å²) in [5.41, 5.74) is 1.54. The van der Waals surface area contributed by atoms with E-state index in [4.69, 9.17) is 0 Å². The highest BCUT2D eigenvalue weighted by atomic mass is 19.1. The quantitative estimate of drug-likeness (QED) is 0.426. The van der Waals surface area contributed by atoms with Crippen LogP contribution in [0.25, 0.3) is 0 Å². The largest absolute Gasteiger partial charge is 0.344 e. The van der Waals surface area contributed by atoms with Crippen molar-refractivity contribution >= 4 is 23.3 Å². The van der Waals surface area contributed by atoms with E-state index < -0.39 is 23.5 Å². The van der Waals surface area contributed by atoms with E-state index in [0.29, 0.717) is 34.6 Å². The number of halogens is 1. The van der Waals surface area contributed by atoms with Gasteiger partial charge in [-0.15, -0.1) is 0 Å². The first-order valence-electron chi connectivity index (χ1n) is 11.1. The highest BCUT2D eigenvalue weighted by Crippen LogP contribution is 2.60. The van der Waals surface area contributed by atoms with E-state index >= 15 is 0 Å². The Morgan fingerprint density at radius 3 is 2.50 bits per heavy atom. The minimum atomic E-state index is -0.703. The lowest BCUT2D eigenvalue weighted by Crippen LogP contribution is -2.51. The summed E-state index contributed by atoms with van der Waals surface area (Å²) in [6.45, 7) is 3.39. The van der Waals surface area contributed by atoms with Gasteiger partial charge in [0.25, 0.3) is 17.6 Å². The maximum atomic E-state index is 13.4. The predicted molar refractivity (Wildman–Crippen MR) is 116 cm³/mol. The van der Waals surface area contributed by atoms with Gasteiger partial charge < -0.3 is 15.2 Å². The molecule has 1 unspecified atom stereocenters. The lowest BCUT2D eigenvalue weighted by molar-refractivity contribution is -0.119. The molecule has 32 heavy (non-hydrogen) atoms. The number of hydrogen-bond acceptors (Lipinski definition) is 4. The van der Waals surface area contributed by atoms with Crippen molar-refractivity contribution in [3.63, 3.8) is 0 Å². The van der Waals surface area contributed by atoms with Crippen LogP contribution in [0.15, 0.2) is 18.3 Å². The van der Waals surface area contributed by atoms with Crippen LogP contribution in [0.3, 0.4) is 0 Å². The molecule has 0 saturated heterocycles. The van der Waals surface area contributed by atoms with Gasteiger partial charge >= 0.3 is 0 Å². The molecule has 7 nitrogen and oxygen atoms in total. The van der Waals surface area contributed by atoms with E-state index in [1.54, 1.807) is 25.5 Å². The molecule has 4 aliphatic rings. The molecule has 0 radical (unpaired) electrons. The third-order valence-corrected chi connectivity index (χ3v) is 7.92. The summed E-state index contributed by atoms with van der Waals surface area (Å²) in [7, 11) is 1.67. The number of pyridine rings is 1. The highest BCUT2D eigenvalue weighted by molar-refractivity contribution is 6.43. The Labute approximate surface area is 185 Å². The molecule has 2 amide bonds. The monoisotopic (exact) mass is 438 g/mol. The summed E-state index contributed by atoms with van der Waals surface area (Å²) in [6, 6.07) is 2.60. The Kier molecular flexibility index (Phi) is 4.72. The van der Waals surface area contributed by atoms with Crippen molar-refractivity contribution in [2.24, 2.45) is 24.8 Å². The van der Waals surface area contributed by atoms with Gasteiger partial charge in [-0.25, -0.2) is 4.98 Å². The number of anilines is 1. The van der Waals surface area contributed by atoms with E-state index in [2.05, 4.69) is 15.6 Å². The molecule has 6 rings (SSSR count). The zero-order valence-electron chi connectivity index (χ0n) is 18.5. The van der Waals surface area contributed by atoms with E-state index in [9.17, 15) is 18.8 Å². The average molecular weight is 439 g/mol. The van der Waals surface area contributed by atoms with E-state index in [1.807, 2.05) is 0 Å². The van der Waals surface area contributed by atoms with Crippen molar-refractivity contribution < 1.29 is 18.8 Å². The molecule has 8 heteroatoms. The molecule has 4 atom stereocenters. The van der Waals surface area contributed by atoms with Gasteiger partial charge in [-0.1, -0.05) is 0 Å². The van der Waals surface area contributed by atoms with Crippen molar-refractivity contribution in [3.8, 4) is 0 Å².